The molecule has 9 aromatic carbocycles. The van der Waals surface area contributed by atoms with Gasteiger partial charge in [0.2, 0.25) is 11.9 Å². The average Bonchev–Trinajstić information content (AvgIpc) is 4.01. The first-order valence-corrected chi connectivity index (χ1v) is 21.3. The summed E-state index contributed by atoms with van der Waals surface area (Å²) in [4.78, 5) is 16.4. The minimum absolute atomic E-state index is 0.538. The standard InChI is InChI=1S/C57H36N6/c1-4-17-37(18-5-1)38-31-33-40(34-32-38)55-58-56(62-50-29-15-12-25-47(50)52-42(26-16-30-51(52)62)39-19-6-2-7-20-39)60-57(59-55)63-49-28-14-11-24-44(49)46-36-35-45-43-23-10-13-27-48(43)61(53(45)54(46)63)41-21-8-3-9-22-41/h1-36H. The van der Waals surface area contributed by atoms with Gasteiger partial charge in [0.1, 0.15) is 0 Å². The van der Waals surface area contributed by atoms with E-state index in [1.807, 2.05) is 6.07 Å². The van der Waals surface area contributed by atoms with Crippen LogP contribution in [0.2, 0.25) is 0 Å². The largest absolute Gasteiger partial charge is 0.307 e. The van der Waals surface area contributed by atoms with Crippen molar-refractivity contribution in [1.82, 2.24) is 28.7 Å². The van der Waals surface area contributed by atoms with E-state index < -0.39 is 0 Å². The Kier molecular flexibility index (Phi) is 7.80. The Balaban J connectivity index is 1.16. The van der Waals surface area contributed by atoms with Crippen LogP contribution >= 0.6 is 0 Å². The molecule has 13 aromatic rings. The van der Waals surface area contributed by atoms with E-state index in [0.29, 0.717) is 17.7 Å². The molecule has 4 heterocycles. The highest BCUT2D eigenvalue weighted by Gasteiger charge is 2.25. The van der Waals surface area contributed by atoms with Gasteiger partial charge in [-0.1, -0.05) is 182 Å². The predicted octanol–water partition coefficient (Wildman–Crippen LogP) is 14.2. The molecule has 13 rings (SSSR count). The zero-order valence-corrected chi connectivity index (χ0v) is 34.0. The fourth-order valence-electron chi connectivity index (χ4n) is 9.77. The number of hydrogen-bond donors (Lipinski definition) is 0. The number of para-hydroxylation sites is 4. The summed E-state index contributed by atoms with van der Waals surface area (Å²) < 4.78 is 6.88. The van der Waals surface area contributed by atoms with Gasteiger partial charge in [-0.05, 0) is 58.7 Å². The maximum atomic E-state index is 5.57. The van der Waals surface area contributed by atoms with Crippen molar-refractivity contribution in [3.8, 4) is 51.2 Å². The van der Waals surface area contributed by atoms with Crippen molar-refractivity contribution in [2.75, 3.05) is 0 Å². The lowest BCUT2D eigenvalue weighted by Gasteiger charge is -2.14. The molecule has 6 nitrogen and oxygen atoms in total. The Morgan fingerprint density at radius 2 is 0.730 bits per heavy atom. The second-order valence-electron chi connectivity index (χ2n) is 16.0. The second kappa shape index (κ2) is 14.0. The van der Waals surface area contributed by atoms with Crippen molar-refractivity contribution < 1.29 is 0 Å². The Bertz CT molecular complexity index is 3880. The number of rotatable bonds is 6. The van der Waals surface area contributed by atoms with Crippen LogP contribution < -0.4 is 0 Å². The third-order valence-electron chi connectivity index (χ3n) is 12.5. The molecule has 0 atom stereocenters. The molecule has 294 valence electrons. The highest BCUT2D eigenvalue weighted by molar-refractivity contribution is 6.24. The second-order valence-corrected chi connectivity index (χ2v) is 16.0. The van der Waals surface area contributed by atoms with E-state index in [1.165, 1.54) is 5.39 Å². The lowest BCUT2D eigenvalue weighted by atomic mass is 9.99. The monoisotopic (exact) mass is 804 g/mol. The lowest BCUT2D eigenvalue weighted by Crippen LogP contribution is -2.10. The Morgan fingerprint density at radius 3 is 1.38 bits per heavy atom. The summed E-state index contributed by atoms with van der Waals surface area (Å²) in [5.74, 6) is 1.66. The van der Waals surface area contributed by atoms with E-state index in [2.05, 4.69) is 226 Å². The van der Waals surface area contributed by atoms with Crippen molar-refractivity contribution in [2.24, 2.45) is 0 Å². The van der Waals surface area contributed by atoms with Gasteiger partial charge < -0.3 is 4.57 Å². The first-order valence-electron chi connectivity index (χ1n) is 21.3. The maximum Gasteiger partial charge on any atom is 0.240 e. The fourth-order valence-corrected chi connectivity index (χ4v) is 9.77. The van der Waals surface area contributed by atoms with E-state index in [-0.39, 0.29) is 0 Å². The summed E-state index contributed by atoms with van der Waals surface area (Å²) in [6.45, 7) is 0. The molecule has 0 N–H and O–H groups in total. The van der Waals surface area contributed by atoms with Gasteiger partial charge in [0.05, 0.1) is 33.1 Å². The van der Waals surface area contributed by atoms with Crippen molar-refractivity contribution in [1.29, 1.82) is 0 Å². The van der Waals surface area contributed by atoms with Gasteiger partial charge in [-0.25, -0.2) is 0 Å². The molecule has 0 spiro atoms. The normalized spacial score (nSPS) is 11.8. The number of nitrogens with zero attached hydrogens (tertiary/aromatic N) is 6. The van der Waals surface area contributed by atoms with Crippen LogP contribution in [0.1, 0.15) is 0 Å². The molecule has 6 heteroatoms. The molecule has 0 unspecified atom stereocenters. The van der Waals surface area contributed by atoms with Gasteiger partial charge in [-0.15, -0.1) is 0 Å². The molecule has 0 aliphatic rings. The molecule has 0 radical (unpaired) electrons. The summed E-state index contributed by atoms with van der Waals surface area (Å²) in [5.41, 5.74) is 12.9. The van der Waals surface area contributed by atoms with Crippen LogP contribution in [0.25, 0.3) is 117 Å². The van der Waals surface area contributed by atoms with Gasteiger partial charge in [-0.2, -0.15) is 15.0 Å². The van der Waals surface area contributed by atoms with Crippen molar-refractivity contribution >= 4 is 65.4 Å². The topological polar surface area (TPSA) is 53.5 Å². The zero-order chi connectivity index (χ0) is 41.4. The molecule has 0 aliphatic carbocycles. The summed E-state index contributed by atoms with van der Waals surface area (Å²) in [5, 5.41) is 6.88. The fraction of sp³-hybridized carbons (Fsp3) is 0. The van der Waals surface area contributed by atoms with E-state index >= 15 is 0 Å². The first kappa shape index (κ1) is 35.2. The van der Waals surface area contributed by atoms with Gasteiger partial charge in [0.25, 0.3) is 0 Å². The molecule has 0 amide bonds. The highest BCUT2D eigenvalue weighted by Crippen LogP contribution is 2.42. The van der Waals surface area contributed by atoms with Crippen LogP contribution in [-0.4, -0.2) is 28.7 Å². The lowest BCUT2D eigenvalue weighted by molar-refractivity contribution is 0.893. The molecule has 0 aliphatic heterocycles. The highest BCUT2D eigenvalue weighted by atomic mass is 15.3. The van der Waals surface area contributed by atoms with Crippen LogP contribution in [0.4, 0.5) is 0 Å². The Labute approximate surface area is 362 Å². The molecular weight excluding hydrogens is 769 g/mol. The molecule has 0 saturated heterocycles. The van der Waals surface area contributed by atoms with E-state index in [4.69, 9.17) is 15.0 Å². The number of fused-ring (bicyclic) bond motifs is 10. The molecule has 4 aromatic heterocycles. The first-order chi connectivity index (χ1) is 31.3. The zero-order valence-electron chi connectivity index (χ0n) is 34.0. The van der Waals surface area contributed by atoms with Crippen LogP contribution in [0, 0.1) is 0 Å². The van der Waals surface area contributed by atoms with Crippen LogP contribution in [0.15, 0.2) is 218 Å². The van der Waals surface area contributed by atoms with E-state index in [1.54, 1.807) is 0 Å². The van der Waals surface area contributed by atoms with Crippen LogP contribution in [0.3, 0.4) is 0 Å². The minimum Gasteiger partial charge on any atom is -0.307 e. The molecular formula is C57H36N6. The van der Waals surface area contributed by atoms with E-state index in [0.717, 1.165) is 93.5 Å². The molecule has 63 heavy (non-hydrogen) atoms. The molecule has 0 saturated carbocycles. The SMILES string of the molecule is c1ccc(-c2ccc(-c3nc(-n4c5ccccc5c5c(-c6ccccc6)cccc54)nc(-n4c5ccccc5c5ccc6c7ccccc7n(-c7ccccc7)c6c54)n3)cc2)cc1. The summed E-state index contributed by atoms with van der Waals surface area (Å²) >= 11 is 0. The summed E-state index contributed by atoms with van der Waals surface area (Å²) in [6.07, 6.45) is 0. The number of aromatic nitrogens is 6. The van der Waals surface area contributed by atoms with Crippen LogP contribution in [0.5, 0.6) is 0 Å². The maximum absolute atomic E-state index is 5.57. The Morgan fingerprint density at radius 1 is 0.270 bits per heavy atom. The predicted molar refractivity (Wildman–Crippen MR) is 259 cm³/mol. The average molecular weight is 805 g/mol. The van der Waals surface area contributed by atoms with Gasteiger partial charge in [0, 0.05) is 43.6 Å². The van der Waals surface area contributed by atoms with Crippen LogP contribution in [-0.2, 0) is 0 Å². The van der Waals surface area contributed by atoms with Gasteiger partial charge in [-0.3, -0.25) is 9.13 Å². The summed E-state index contributed by atoms with van der Waals surface area (Å²) in [7, 11) is 0. The van der Waals surface area contributed by atoms with Gasteiger partial charge >= 0.3 is 0 Å². The van der Waals surface area contributed by atoms with Gasteiger partial charge in [0.15, 0.2) is 5.82 Å². The third kappa shape index (κ3) is 5.41. The van der Waals surface area contributed by atoms with Crippen molar-refractivity contribution in [3.05, 3.63) is 218 Å². The Hall–Kier alpha value is -8.61. The smallest absolute Gasteiger partial charge is 0.240 e. The van der Waals surface area contributed by atoms with E-state index in [9.17, 15) is 0 Å². The number of hydrogen-bond acceptors (Lipinski definition) is 3. The molecule has 0 bridgehead atoms. The third-order valence-corrected chi connectivity index (χ3v) is 12.5. The summed E-state index contributed by atoms with van der Waals surface area (Å²) in [6, 6.07) is 77.2. The number of benzene rings is 9. The molecule has 0 fully saturated rings. The van der Waals surface area contributed by atoms with Crippen molar-refractivity contribution in [3.63, 3.8) is 0 Å². The van der Waals surface area contributed by atoms with Crippen molar-refractivity contribution in [2.45, 2.75) is 0 Å². The minimum atomic E-state index is 0.538. The quantitative estimate of drug-likeness (QED) is 0.168.